The Hall–Kier alpha value is -4.02. The number of carbonyl (C=O) groups is 2. The van der Waals surface area contributed by atoms with Gasteiger partial charge in [0, 0.05) is 12.1 Å². The van der Waals surface area contributed by atoms with Crippen LogP contribution in [0.2, 0.25) is 0 Å². The van der Waals surface area contributed by atoms with E-state index in [9.17, 15) is 19.7 Å². The quantitative estimate of drug-likeness (QED) is 0.339. The summed E-state index contributed by atoms with van der Waals surface area (Å²) in [6.07, 6.45) is 0. The number of ether oxygens (including phenoxy) is 2. The molecule has 0 saturated carbocycles. The molecule has 0 radical (unpaired) electrons. The maximum atomic E-state index is 10.7. The van der Waals surface area contributed by atoms with Crippen LogP contribution in [0.25, 0.3) is 0 Å². The van der Waals surface area contributed by atoms with Crippen molar-refractivity contribution < 1.29 is 34.2 Å². The molecule has 0 fully saturated rings. The molecule has 0 heterocycles. The molecule has 27 heavy (non-hydrogen) atoms. The van der Waals surface area contributed by atoms with Crippen LogP contribution in [-0.2, 0) is 0 Å². The Labute approximate surface area is 152 Å². The molecule has 0 aliphatic rings. The number of nitrogens with zero attached hydrogens (tertiary/aromatic N) is 1. The number of aromatic carboxylic acids is 2. The molecule has 0 bridgehead atoms. The summed E-state index contributed by atoms with van der Waals surface area (Å²) in [6, 6.07) is 6.30. The van der Waals surface area contributed by atoms with Gasteiger partial charge in [0.25, 0.3) is 5.69 Å². The Morgan fingerprint density at radius 1 is 0.963 bits per heavy atom. The van der Waals surface area contributed by atoms with E-state index in [-0.39, 0.29) is 17.0 Å². The summed E-state index contributed by atoms with van der Waals surface area (Å²) in [4.78, 5) is 30.9. The van der Waals surface area contributed by atoms with Crippen molar-refractivity contribution in [1.82, 2.24) is 0 Å². The Balaban J connectivity index is 0.000000277. The van der Waals surface area contributed by atoms with Gasteiger partial charge in [-0.15, -0.1) is 0 Å². The fourth-order valence-corrected chi connectivity index (χ4v) is 1.93. The van der Waals surface area contributed by atoms with Crippen molar-refractivity contribution in [3.8, 4) is 11.5 Å². The van der Waals surface area contributed by atoms with Gasteiger partial charge in [0.2, 0.25) is 0 Å². The lowest BCUT2D eigenvalue weighted by Gasteiger charge is -2.05. The maximum Gasteiger partial charge on any atom is 0.342 e. The lowest BCUT2D eigenvalue weighted by molar-refractivity contribution is -0.385. The Kier molecular flexibility index (Phi) is 6.93. The first-order valence-corrected chi connectivity index (χ1v) is 7.14. The Morgan fingerprint density at radius 2 is 1.52 bits per heavy atom. The topological polar surface area (TPSA) is 188 Å². The molecular weight excluding hydrogens is 362 g/mol. The number of benzene rings is 2. The molecule has 144 valence electrons. The number of carboxylic acid groups (broad SMARTS) is 2. The van der Waals surface area contributed by atoms with Crippen LogP contribution in [0.3, 0.4) is 0 Å². The second-order valence-electron chi connectivity index (χ2n) is 4.94. The average Bonchev–Trinajstić information content (AvgIpc) is 2.61. The number of hydrogen-bond acceptors (Lipinski definition) is 8. The van der Waals surface area contributed by atoms with Crippen LogP contribution in [-0.4, -0.2) is 41.3 Å². The van der Waals surface area contributed by atoms with Gasteiger partial charge >= 0.3 is 11.9 Å². The highest BCUT2D eigenvalue weighted by Crippen LogP contribution is 2.30. The second-order valence-corrected chi connectivity index (χ2v) is 4.94. The third-order valence-electron chi connectivity index (χ3n) is 3.26. The zero-order valence-electron chi connectivity index (χ0n) is 14.3. The van der Waals surface area contributed by atoms with E-state index in [1.54, 1.807) is 0 Å². The normalized spacial score (nSPS) is 9.56. The molecule has 0 saturated heterocycles. The van der Waals surface area contributed by atoms with E-state index in [1.807, 2.05) is 0 Å². The van der Waals surface area contributed by atoms with Crippen molar-refractivity contribution in [1.29, 1.82) is 0 Å². The molecule has 0 atom stereocenters. The van der Waals surface area contributed by atoms with Gasteiger partial charge in [-0.1, -0.05) is 0 Å². The molecule has 11 heteroatoms. The smallest absolute Gasteiger partial charge is 0.342 e. The van der Waals surface area contributed by atoms with E-state index in [4.69, 9.17) is 31.2 Å². The third kappa shape index (κ3) is 5.22. The monoisotopic (exact) mass is 379 g/mol. The van der Waals surface area contributed by atoms with Crippen LogP contribution >= 0.6 is 0 Å². The van der Waals surface area contributed by atoms with E-state index in [0.717, 1.165) is 12.1 Å². The summed E-state index contributed by atoms with van der Waals surface area (Å²) < 4.78 is 9.61. The molecule has 0 aliphatic heterocycles. The van der Waals surface area contributed by atoms with Crippen LogP contribution in [0.4, 0.5) is 17.1 Å². The van der Waals surface area contributed by atoms with Crippen molar-refractivity contribution in [3.63, 3.8) is 0 Å². The number of nitrogen functional groups attached to an aromatic ring is 2. The number of nitro groups is 1. The first-order valence-electron chi connectivity index (χ1n) is 7.14. The number of hydrogen-bond donors (Lipinski definition) is 4. The maximum absolute atomic E-state index is 10.7. The SMILES string of the molecule is COc1cc(C(=O)O)c([N+](=O)[O-])cc1N.COc1cc(C(=O)O)ccc1N. The highest BCUT2D eigenvalue weighted by molar-refractivity contribution is 5.94. The van der Waals surface area contributed by atoms with Gasteiger partial charge in [-0.2, -0.15) is 0 Å². The van der Waals surface area contributed by atoms with E-state index < -0.39 is 28.1 Å². The van der Waals surface area contributed by atoms with Gasteiger partial charge in [-0.05, 0) is 18.2 Å². The van der Waals surface area contributed by atoms with Crippen molar-refractivity contribution in [3.05, 3.63) is 51.6 Å². The molecule has 0 amide bonds. The number of carboxylic acids is 2. The van der Waals surface area contributed by atoms with Gasteiger partial charge in [0.1, 0.15) is 17.1 Å². The van der Waals surface area contributed by atoms with Crippen molar-refractivity contribution in [2.45, 2.75) is 0 Å². The van der Waals surface area contributed by atoms with E-state index in [2.05, 4.69) is 0 Å². The van der Waals surface area contributed by atoms with Gasteiger partial charge < -0.3 is 31.2 Å². The van der Waals surface area contributed by atoms with Crippen LogP contribution in [0.5, 0.6) is 11.5 Å². The summed E-state index contributed by atoms with van der Waals surface area (Å²) in [6.45, 7) is 0. The molecule has 6 N–H and O–H groups in total. The first-order chi connectivity index (χ1) is 12.6. The summed E-state index contributed by atoms with van der Waals surface area (Å²) >= 11 is 0. The number of rotatable bonds is 5. The van der Waals surface area contributed by atoms with Crippen LogP contribution < -0.4 is 20.9 Å². The number of anilines is 2. The Bertz CT molecular complexity index is 882. The molecule has 0 aromatic heterocycles. The summed E-state index contributed by atoms with van der Waals surface area (Å²) in [5, 5.41) is 27.8. The van der Waals surface area contributed by atoms with Crippen molar-refractivity contribution in [2.24, 2.45) is 0 Å². The van der Waals surface area contributed by atoms with E-state index in [0.29, 0.717) is 11.4 Å². The molecular formula is C16H17N3O8. The minimum Gasteiger partial charge on any atom is -0.495 e. The van der Waals surface area contributed by atoms with Gasteiger partial charge in [0.15, 0.2) is 0 Å². The summed E-state index contributed by atoms with van der Waals surface area (Å²) in [7, 11) is 2.74. The van der Waals surface area contributed by atoms with Crippen LogP contribution in [0.1, 0.15) is 20.7 Å². The zero-order valence-corrected chi connectivity index (χ0v) is 14.3. The number of nitro benzene ring substituents is 1. The van der Waals surface area contributed by atoms with Crippen LogP contribution in [0.15, 0.2) is 30.3 Å². The predicted octanol–water partition coefficient (Wildman–Crippen LogP) is 1.86. The minimum absolute atomic E-state index is 0.0224. The molecule has 0 spiro atoms. The third-order valence-corrected chi connectivity index (χ3v) is 3.26. The van der Waals surface area contributed by atoms with Crippen molar-refractivity contribution in [2.75, 3.05) is 25.7 Å². The van der Waals surface area contributed by atoms with Crippen molar-refractivity contribution >= 4 is 29.0 Å². The highest BCUT2D eigenvalue weighted by atomic mass is 16.6. The largest absolute Gasteiger partial charge is 0.495 e. The number of methoxy groups -OCH3 is 2. The molecule has 2 rings (SSSR count). The zero-order chi connectivity index (χ0) is 20.7. The highest BCUT2D eigenvalue weighted by Gasteiger charge is 2.22. The van der Waals surface area contributed by atoms with E-state index >= 15 is 0 Å². The molecule has 0 unspecified atom stereocenters. The van der Waals surface area contributed by atoms with E-state index in [1.165, 1.54) is 32.4 Å². The molecule has 2 aromatic rings. The Morgan fingerprint density at radius 3 is 1.96 bits per heavy atom. The second kappa shape index (κ2) is 8.89. The lowest BCUT2D eigenvalue weighted by atomic mass is 10.1. The summed E-state index contributed by atoms with van der Waals surface area (Å²) in [5.74, 6) is -1.92. The molecule has 0 aliphatic carbocycles. The first kappa shape index (κ1) is 21.0. The van der Waals surface area contributed by atoms with Gasteiger partial charge in [-0.3, -0.25) is 10.1 Å². The standard InChI is InChI=1S/C8H8N2O5.C8H9NO3/c1-15-7-2-4(8(11)12)6(10(13)14)3-5(7)9;1-12-7-4-5(8(10)11)2-3-6(7)9/h2-3H,9H2,1H3,(H,11,12);2-4H,9H2,1H3,(H,10,11). The van der Waals surface area contributed by atoms with Gasteiger partial charge in [-0.25, -0.2) is 9.59 Å². The fourth-order valence-electron chi connectivity index (χ4n) is 1.93. The molecule has 11 nitrogen and oxygen atoms in total. The van der Waals surface area contributed by atoms with Gasteiger partial charge in [0.05, 0.1) is 36.1 Å². The molecule has 2 aromatic carbocycles. The van der Waals surface area contributed by atoms with Crippen LogP contribution in [0, 0.1) is 10.1 Å². The minimum atomic E-state index is -1.40. The predicted molar refractivity (Wildman–Crippen MR) is 95.4 cm³/mol. The lowest BCUT2D eigenvalue weighted by Crippen LogP contribution is -2.05. The number of nitrogens with two attached hydrogens (primary N) is 2. The fraction of sp³-hybridized carbons (Fsp3) is 0.125. The summed E-state index contributed by atoms with van der Waals surface area (Å²) in [5.41, 5.74) is 10.5. The average molecular weight is 379 g/mol.